The average Bonchev–Trinajstić information content (AvgIpc) is 2.83. The fourth-order valence-electron chi connectivity index (χ4n) is 3.72. The molecule has 2 amide bonds. The van der Waals surface area contributed by atoms with E-state index >= 15 is 0 Å². The lowest BCUT2D eigenvalue weighted by Crippen LogP contribution is -2.37. The lowest BCUT2D eigenvalue weighted by molar-refractivity contribution is -0.126. The Bertz CT molecular complexity index is 1120. The van der Waals surface area contributed by atoms with Gasteiger partial charge >= 0.3 is 0 Å². The van der Waals surface area contributed by atoms with E-state index in [9.17, 15) is 9.59 Å². The Morgan fingerprint density at radius 1 is 1.06 bits per heavy atom. The molecular formula is C26H26N2O4. The predicted molar refractivity (Wildman–Crippen MR) is 123 cm³/mol. The molecule has 1 aliphatic rings. The SMILES string of the molecule is COc1ccc(C(=O)Nc2ccc3c(c2)C[C@@H](C(=O)NCc2ccccc2C)CO3)cc1. The Kier molecular flexibility index (Phi) is 6.40. The first-order chi connectivity index (χ1) is 15.5. The molecule has 0 bridgehead atoms. The van der Waals surface area contributed by atoms with Gasteiger partial charge in [0.2, 0.25) is 5.91 Å². The number of carbonyl (C=O) groups excluding carboxylic acids is 2. The maximum absolute atomic E-state index is 12.7. The predicted octanol–water partition coefficient (Wildman–Crippen LogP) is 4.12. The minimum atomic E-state index is -0.279. The van der Waals surface area contributed by atoms with Crippen LogP contribution in [0.2, 0.25) is 0 Å². The number of methoxy groups -OCH3 is 1. The molecule has 164 valence electrons. The number of aryl methyl sites for hydroxylation is 1. The molecule has 2 N–H and O–H groups in total. The third-order valence-electron chi connectivity index (χ3n) is 5.66. The Morgan fingerprint density at radius 3 is 2.59 bits per heavy atom. The number of benzene rings is 3. The summed E-state index contributed by atoms with van der Waals surface area (Å²) in [6.07, 6.45) is 0.557. The van der Waals surface area contributed by atoms with Gasteiger partial charge in [-0.3, -0.25) is 9.59 Å². The molecule has 4 rings (SSSR count). The van der Waals surface area contributed by atoms with E-state index in [1.165, 1.54) is 0 Å². The van der Waals surface area contributed by atoms with Crippen LogP contribution in [0.5, 0.6) is 11.5 Å². The van der Waals surface area contributed by atoms with Gasteiger partial charge in [-0.2, -0.15) is 0 Å². The van der Waals surface area contributed by atoms with E-state index in [1.807, 2.05) is 43.3 Å². The van der Waals surface area contributed by atoms with E-state index in [1.54, 1.807) is 37.4 Å². The van der Waals surface area contributed by atoms with Crippen LogP contribution in [0.25, 0.3) is 0 Å². The van der Waals surface area contributed by atoms with Crippen molar-refractivity contribution >= 4 is 17.5 Å². The van der Waals surface area contributed by atoms with Crippen LogP contribution in [0.15, 0.2) is 66.7 Å². The number of hydrogen-bond donors (Lipinski definition) is 2. The second-order valence-corrected chi connectivity index (χ2v) is 7.86. The first kappa shape index (κ1) is 21.4. The molecule has 6 heteroatoms. The zero-order valence-electron chi connectivity index (χ0n) is 18.2. The summed E-state index contributed by atoms with van der Waals surface area (Å²) in [5.74, 6) is 0.914. The largest absolute Gasteiger partial charge is 0.497 e. The van der Waals surface area contributed by atoms with E-state index in [4.69, 9.17) is 9.47 Å². The summed E-state index contributed by atoms with van der Waals surface area (Å²) in [4.78, 5) is 25.3. The smallest absolute Gasteiger partial charge is 0.255 e. The van der Waals surface area contributed by atoms with Crippen LogP contribution in [0.1, 0.15) is 27.0 Å². The van der Waals surface area contributed by atoms with Crippen molar-refractivity contribution in [2.45, 2.75) is 19.9 Å². The summed E-state index contributed by atoms with van der Waals surface area (Å²) < 4.78 is 10.9. The van der Waals surface area contributed by atoms with Crippen molar-refractivity contribution in [3.05, 3.63) is 89.0 Å². The van der Waals surface area contributed by atoms with E-state index in [2.05, 4.69) is 10.6 Å². The summed E-state index contributed by atoms with van der Waals surface area (Å²) >= 11 is 0. The molecule has 32 heavy (non-hydrogen) atoms. The Labute approximate surface area is 187 Å². The van der Waals surface area contributed by atoms with Crippen molar-refractivity contribution in [1.82, 2.24) is 5.32 Å². The maximum Gasteiger partial charge on any atom is 0.255 e. The van der Waals surface area contributed by atoms with E-state index < -0.39 is 0 Å². The highest BCUT2D eigenvalue weighted by Crippen LogP contribution is 2.30. The molecule has 0 radical (unpaired) electrons. The van der Waals surface area contributed by atoms with Gasteiger partial charge in [0.25, 0.3) is 5.91 Å². The third kappa shape index (κ3) is 4.91. The fraction of sp³-hybridized carbons (Fsp3) is 0.231. The highest BCUT2D eigenvalue weighted by molar-refractivity contribution is 6.04. The van der Waals surface area contributed by atoms with Crippen molar-refractivity contribution in [3.63, 3.8) is 0 Å². The van der Waals surface area contributed by atoms with Crippen molar-refractivity contribution in [3.8, 4) is 11.5 Å². The van der Waals surface area contributed by atoms with Gasteiger partial charge in [0.1, 0.15) is 18.1 Å². The number of nitrogens with one attached hydrogen (secondary N) is 2. The van der Waals surface area contributed by atoms with Crippen LogP contribution < -0.4 is 20.1 Å². The molecule has 3 aromatic rings. The summed E-state index contributed by atoms with van der Waals surface area (Å²) in [5.41, 5.74) is 4.35. The van der Waals surface area contributed by atoms with E-state index in [0.717, 1.165) is 22.4 Å². The van der Waals surface area contributed by atoms with Crippen molar-refractivity contribution in [1.29, 1.82) is 0 Å². The molecular weight excluding hydrogens is 404 g/mol. The van der Waals surface area contributed by atoms with Crippen molar-refractivity contribution < 1.29 is 19.1 Å². The molecule has 0 fully saturated rings. The van der Waals surface area contributed by atoms with Gasteiger partial charge < -0.3 is 20.1 Å². The Balaban J connectivity index is 1.39. The van der Waals surface area contributed by atoms with Gasteiger partial charge in [-0.05, 0) is 72.5 Å². The van der Waals surface area contributed by atoms with Gasteiger partial charge in [-0.25, -0.2) is 0 Å². The average molecular weight is 431 g/mol. The van der Waals surface area contributed by atoms with E-state index in [0.29, 0.717) is 36.6 Å². The number of carbonyl (C=O) groups is 2. The molecule has 0 spiro atoms. The molecule has 1 atom stereocenters. The summed E-state index contributed by atoms with van der Waals surface area (Å²) in [6, 6.07) is 20.4. The molecule has 6 nitrogen and oxygen atoms in total. The summed E-state index contributed by atoms with van der Waals surface area (Å²) in [7, 11) is 1.58. The molecule has 0 aliphatic carbocycles. The second-order valence-electron chi connectivity index (χ2n) is 7.86. The zero-order valence-corrected chi connectivity index (χ0v) is 18.2. The van der Waals surface area contributed by atoms with Crippen LogP contribution in [0, 0.1) is 12.8 Å². The number of amides is 2. The second kappa shape index (κ2) is 9.56. The van der Waals surface area contributed by atoms with Gasteiger partial charge in [0.15, 0.2) is 0 Å². The maximum atomic E-state index is 12.7. The highest BCUT2D eigenvalue weighted by Gasteiger charge is 2.26. The lowest BCUT2D eigenvalue weighted by atomic mass is 9.95. The minimum Gasteiger partial charge on any atom is -0.497 e. The minimum absolute atomic E-state index is 0.0356. The molecule has 1 heterocycles. The molecule has 0 saturated carbocycles. The standard InChI is InChI=1S/C26H26N2O4/c1-17-5-3-4-6-19(17)15-27-25(29)21-13-20-14-22(9-12-24(20)32-16-21)28-26(30)18-7-10-23(31-2)11-8-18/h3-12,14,21H,13,15-16H2,1-2H3,(H,27,29)(H,28,30)/t21-/m1/s1. The normalized spacial score (nSPS) is 14.6. The Morgan fingerprint density at radius 2 is 1.84 bits per heavy atom. The van der Waals surface area contributed by atoms with Gasteiger partial charge in [0, 0.05) is 17.8 Å². The molecule has 0 aromatic heterocycles. The van der Waals surface area contributed by atoms with Gasteiger partial charge in [-0.15, -0.1) is 0 Å². The molecule has 1 aliphatic heterocycles. The number of rotatable bonds is 6. The highest BCUT2D eigenvalue weighted by atomic mass is 16.5. The molecule has 0 unspecified atom stereocenters. The van der Waals surface area contributed by atoms with Crippen LogP contribution >= 0.6 is 0 Å². The first-order valence-corrected chi connectivity index (χ1v) is 10.6. The number of hydrogen-bond acceptors (Lipinski definition) is 4. The third-order valence-corrected chi connectivity index (χ3v) is 5.66. The van der Waals surface area contributed by atoms with Gasteiger partial charge in [0.05, 0.1) is 13.0 Å². The summed E-state index contributed by atoms with van der Waals surface area (Å²) in [5, 5.41) is 5.93. The topological polar surface area (TPSA) is 76.7 Å². The molecule has 3 aromatic carbocycles. The number of fused-ring (bicyclic) bond motifs is 1. The van der Waals surface area contributed by atoms with Crippen LogP contribution in [0.3, 0.4) is 0 Å². The lowest BCUT2D eigenvalue weighted by Gasteiger charge is -2.25. The Hall–Kier alpha value is -3.80. The number of ether oxygens (including phenoxy) is 2. The zero-order chi connectivity index (χ0) is 22.5. The van der Waals surface area contributed by atoms with Crippen LogP contribution in [0.4, 0.5) is 5.69 Å². The van der Waals surface area contributed by atoms with Crippen LogP contribution in [-0.4, -0.2) is 25.5 Å². The summed E-state index contributed by atoms with van der Waals surface area (Å²) in [6.45, 7) is 2.86. The monoisotopic (exact) mass is 430 g/mol. The molecule has 0 saturated heterocycles. The van der Waals surface area contributed by atoms with Crippen LogP contribution in [-0.2, 0) is 17.8 Å². The first-order valence-electron chi connectivity index (χ1n) is 10.6. The van der Waals surface area contributed by atoms with E-state index in [-0.39, 0.29) is 17.7 Å². The van der Waals surface area contributed by atoms with Crippen molar-refractivity contribution in [2.24, 2.45) is 5.92 Å². The number of anilines is 1. The van der Waals surface area contributed by atoms with Crippen molar-refractivity contribution in [2.75, 3.05) is 19.0 Å². The quantitative estimate of drug-likeness (QED) is 0.617. The van der Waals surface area contributed by atoms with Gasteiger partial charge in [-0.1, -0.05) is 24.3 Å². The fourth-order valence-corrected chi connectivity index (χ4v) is 3.72.